The number of aromatic amines is 3. The van der Waals surface area contributed by atoms with Gasteiger partial charge in [-0.05, 0) is 12.1 Å². The van der Waals surface area contributed by atoms with Gasteiger partial charge in [0.15, 0.2) is 5.84 Å². The molecular weight excluding hydrogens is 318 g/mol. The SMILES string of the molecule is O=c1[nH]c(O)c(/C(=N\O)Nc2ccc(-c3cnn[nH]3)cc2)c(=O)[nH]1. The van der Waals surface area contributed by atoms with E-state index in [2.05, 4.69) is 25.9 Å². The van der Waals surface area contributed by atoms with Crippen molar-refractivity contribution >= 4 is 11.5 Å². The Hall–Kier alpha value is -3.89. The van der Waals surface area contributed by atoms with Crippen LogP contribution in [0.4, 0.5) is 5.69 Å². The normalized spacial score (nSPS) is 11.4. The Morgan fingerprint density at radius 3 is 2.50 bits per heavy atom. The fraction of sp³-hybridized carbons (Fsp3) is 0. The summed E-state index contributed by atoms with van der Waals surface area (Å²) in [5.41, 5.74) is -0.180. The molecule has 24 heavy (non-hydrogen) atoms. The van der Waals surface area contributed by atoms with Gasteiger partial charge >= 0.3 is 5.69 Å². The molecule has 3 aromatic rings. The van der Waals surface area contributed by atoms with Gasteiger partial charge in [-0.15, -0.1) is 5.10 Å². The van der Waals surface area contributed by atoms with E-state index in [0.29, 0.717) is 11.4 Å². The van der Waals surface area contributed by atoms with Crippen molar-refractivity contribution in [3.05, 3.63) is 56.9 Å². The molecule has 0 aliphatic heterocycles. The maximum Gasteiger partial charge on any atom is 0.328 e. The fourth-order valence-electron chi connectivity index (χ4n) is 2.04. The van der Waals surface area contributed by atoms with Crippen LogP contribution < -0.4 is 16.6 Å². The van der Waals surface area contributed by atoms with Gasteiger partial charge in [0, 0.05) is 11.3 Å². The number of H-pyrrole nitrogens is 3. The van der Waals surface area contributed by atoms with Crippen LogP contribution in [-0.2, 0) is 0 Å². The molecule has 2 heterocycles. The Morgan fingerprint density at radius 2 is 1.92 bits per heavy atom. The number of aromatic nitrogens is 5. The maximum absolute atomic E-state index is 11.8. The van der Waals surface area contributed by atoms with Crippen molar-refractivity contribution in [2.45, 2.75) is 0 Å². The lowest BCUT2D eigenvalue weighted by Crippen LogP contribution is -2.30. The molecular formula is C13H11N7O4. The largest absolute Gasteiger partial charge is 0.494 e. The van der Waals surface area contributed by atoms with E-state index in [1.54, 1.807) is 30.5 Å². The lowest BCUT2D eigenvalue weighted by atomic mass is 10.1. The van der Waals surface area contributed by atoms with Crippen molar-refractivity contribution in [1.82, 2.24) is 25.4 Å². The highest BCUT2D eigenvalue weighted by atomic mass is 16.4. The summed E-state index contributed by atoms with van der Waals surface area (Å²) in [7, 11) is 0. The summed E-state index contributed by atoms with van der Waals surface area (Å²) in [6.07, 6.45) is 1.56. The molecule has 1 aromatic carbocycles. The Labute approximate surface area is 132 Å². The molecule has 0 fully saturated rings. The van der Waals surface area contributed by atoms with E-state index < -0.39 is 22.7 Å². The summed E-state index contributed by atoms with van der Waals surface area (Å²) >= 11 is 0. The zero-order valence-corrected chi connectivity index (χ0v) is 11.9. The summed E-state index contributed by atoms with van der Waals surface area (Å²) in [6.45, 7) is 0. The predicted molar refractivity (Wildman–Crippen MR) is 83.1 cm³/mol. The monoisotopic (exact) mass is 329 g/mol. The van der Waals surface area contributed by atoms with Gasteiger partial charge in [0.05, 0.1) is 11.9 Å². The molecule has 0 aliphatic carbocycles. The highest BCUT2D eigenvalue weighted by Gasteiger charge is 2.16. The Bertz CT molecular complexity index is 986. The number of hydrogen-bond donors (Lipinski definition) is 6. The predicted octanol–water partition coefficient (Wildman–Crippen LogP) is -0.198. The van der Waals surface area contributed by atoms with E-state index in [9.17, 15) is 14.7 Å². The number of hydrogen-bond acceptors (Lipinski definition) is 7. The lowest BCUT2D eigenvalue weighted by Gasteiger charge is -2.09. The molecule has 0 saturated heterocycles. The molecule has 11 nitrogen and oxygen atoms in total. The average molecular weight is 329 g/mol. The number of nitrogens with zero attached hydrogens (tertiary/aromatic N) is 3. The Morgan fingerprint density at radius 1 is 1.17 bits per heavy atom. The van der Waals surface area contributed by atoms with Crippen molar-refractivity contribution in [1.29, 1.82) is 0 Å². The molecule has 122 valence electrons. The van der Waals surface area contributed by atoms with Crippen molar-refractivity contribution in [3.8, 4) is 17.1 Å². The van der Waals surface area contributed by atoms with Gasteiger partial charge < -0.3 is 15.6 Å². The Balaban J connectivity index is 1.89. The van der Waals surface area contributed by atoms with Gasteiger partial charge in [-0.3, -0.25) is 19.9 Å². The zero-order chi connectivity index (χ0) is 17.1. The Kier molecular flexibility index (Phi) is 3.81. The van der Waals surface area contributed by atoms with E-state index in [1.165, 1.54) is 0 Å². The van der Waals surface area contributed by atoms with E-state index in [4.69, 9.17) is 5.21 Å². The number of amidine groups is 1. The first-order chi connectivity index (χ1) is 11.6. The minimum absolute atomic E-state index is 0.332. The van der Waals surface area contributed by atoms with Gasteiger partial charge in [-0.25, -0.2) is 4.79 Å². The van der Waals surface area contributed by atoms with Gasteiger partial charge in [-0.2, -0.15) is 0 Å². The van der Waals surface area contributed by atoms with Crippen molar-refractivity contribution in [2.24, 2.45) is 5.16 Å². The molecule has 0 unspecified atom stereocenters. The van der Waals surface area contributed by atoms with Crippen molar-refractivity contribution in [3.63, 3.8) is 0 Å². The second-order valence-electron chi connectivity index (χ2n) is 4.65. The number of rotatable bonds is 3. The minimum atomic E-state index is -0.906. The van der Waals surface area contributed by atoms with Crippen LogP contribution in [0.3, 0.4) is 0 Å². The highest BCUT2D eigenvalue weighted by Crippen LogP contribution is 2.19. The van der Waals surface area contributed by atoms with Crippen LogP contribution in [0.25, 0.3) is 11.3 Å². The van der Waals surface area contributed by atoms with Crippen LogP contribution in [0.1, 0.15) is 5.56 Å². The third-order valence-corrected chi connectivity index (χ3v) is 3.13. The molecule has 0 atom stereocenters. The number of anilines is 1. The third kappa shape index (κ3) is 2.85. The standard InChI is InChI=1S/C13H11N7O4/c21-11-9(12(22)17-13(23)16-11)10(19-24)15-7-3-1-6(2-4-7)8-5-14-20-18-8/h1-5,24H,(H,15,19)(H,14,18,20)(H3,16,17,21,22,23). The molecule has 0 bridgehead atoms. The topological polar surface area (TPSA) is 172 Å². The van der Waals surface area contributed by atoms with Gasteiger partial charge in [0.2, 0.25) is 5.88 Å². The van der Waals surface area contributed by atoms with Gasteiger partial charge in [-0.1, -0.05) is 22.5 Å². The summed E-state index contributed by atoms with van der Waals surface area (Å²) < 4.78 is 0. The second kappa shape index (κ2) is 6.08. The summed E-state index contributed by atoms with van der Waals surface area (Å²) in [6, 6.07) is 6.78. The number of nitrogens with one attached hydrogen (secondary N) is 4. The van der Waals surface area contributed by atoms with Crippen LogP contribution >= 0.6 is 0 Å². The number of oxime groups is 1. The highest BCUT2D eigenvalue weighted by molar-refractivity contribution is 6.09. The quantitative estimate of drug-likeness (QED) is 0.167. The maximum atomic E-state index is 11.8. The number of aromatic hydroxyl groups is 1. The molecule has 3 rings (SSSR count). The molecule has 2 aromatic heterocycles. The molecule has 0 amide bonds. The van der Waals surface area contributed by atoms with Crippen LogP contribution in [0.15, 0.2) is 45.2 Å². The second-order valence-corrected chi connectivity index (χ2v) is 4.65. The summed E-state index contributed by atoms with van der Waals surface area (Å²) in [4.78, 5) is 26.8. The van der Waals surface area contributed by atoms with E-state index >= 15 is 0 Å². The van der Waals surface area contributed by atoms with Crippen LogP contribution in [0, 0.1) is 0 Å². The van der Waals surface area contributed by atoms with Crippen LogP contribution in [0.2, 0.25) is 0 Å². The molecule has 0 aliphatic rings. The first-order valence-corrected chi connectivity index (χ1v) is 6.60. The molecule has 0 radical (unpaired) electrons. The molecule has 0 spiro atoms. The zero-order valence-electron chi connectivity index (χ0n) is 11.9. The number of benzene rings is 1. The summed E-state index contributed by atoms with van der Waals surface area (Å²) in [5, 5.41) is 34.4. The molecule has 0 saturated carbocycles. The summed E-state index contributed by atoms with van der Waals surface area (Å²) in [5.74, 6) is -1.05. The van der Waals surface area contributed by atoms with E-state index in [1.807, 2.05) is 9.97 Å². The van der Waals surface area contributed by atoms with Crippen molar-refractivity contribution in [2.75, 3.05) is 5.32 Å². The molecule has 11 heteroatoms. The average Bonchev–Trinajstić information content (AvgIpc) is 3.08. The van der Waals surface area contributed by atoms with Crippen molar-refractivity contribution < 1.29 is 10.3 Å². The van der Waals surface area contributed by atoms with Gasteiger partial charge in [0.25, 0.3) is 5.56 Å². The third-order valence-electron chi connectivity index (χ3n) is 3.13. The fourth-order valence-corrected chi connectivity index (χ4v) is 2.04. The lowest BCUT2D eigenvalue weighted by molar-refractivity contribution is 0.319. The van der Waals surface area contributed by atoms with Crippen LogP contribution in [0.5, 0.6) is 5.88 Å². The van der Waals surface area contributed by atoms with Gasteiger partial charge in [0.1, 0.15) is 5.56 Å². The first-order valence-electron chi connectivity index (χ1n) is 6.60. The minimum Gasteiger partial charge on any atom is -0.494 e. The van der Waals surface area contributed by atoms with E-state index in [0.717, 1.165) is 5.56 Å². The molecule has 6 N–H and O–H groups in total. The van der Waals surface area contributed by atoms with E-state index in [-0.39, 0.29) is 5.84 Å². The smallest absolute Gasteiger partial charge is 0.328 e. The van der Waals surface area contributed by atoms with Crippen LogP contribution in [-0.4, -0.2) is 41.5 Å². The first kappa shape index (κ1) is 15.0.